The molecule has 9 heteroatoms. The number of phenolic OH excluding ortho intramolecular Hbond substituents is 1. The Balaban J connectivity index is 0.00000264. The first-order chi connectivity index (χ1) is 17.7. The topological polar surface area (TPSA) is 129 Å². The van der Waals surface area contributed by atoms with Crippen molar-refractivity contribution in [3.8, 4) is 11.5 Å². The number of amides is 1. The van der Waals surface area contributed by atoms with Gasteiger partial charge >= 0.3 is 5.97 Å². The molecule has 206 valence electrons. The minimum absolute atomic E-state index is 0. The second-order valence-corrected chi connectivity index (χ2v) is 12.0. The number of aliphatic hydroxyl groups is 2. The van der Waals surface area contributed by atoms with Gasteiger partial charge in [-0.1, -0.05) is 26.3 Å². The molecule has 1 amide bonds. The average Bonchev–Trinajstić information content (AvgIpc) is 3.43. The highest BCUT2D eigenvalue weighted by Crippen LogP contribution is 2.66. The molecule has 1 aromatic rings. The van der Waals surface area contributed by atoms with Crippen LogP contribution in [0.25, 0.3) is 0 Å². The van der Waals surface area contributed by atoms with E-state index in [1.54, 1.807) is 6.07 Å². The first-order valence-corrected chi connectivity index (χ1v) is 13.6. The Bertz CT molecular complexity index is 1230. The van der Waals surface area contributed by atoms with Crippen molar-refractivity contribution < 1.29 is 34.4 Å². The molecule has 1 spiro atoms. The summed E-state index contributed by atoms with van der Waals surface area (Å²) in [7, 11) is 1.31. The molecule has 2 bridgehead atoms. The number of phenols is 1. The third kappa shape index (κ3) is 3.11. The number of methoxy groups -OCH3 is 1. The Morgan fingerprint density at radius 2 is 1.92 bits per heavy atom. The summed E-state index contributed by atoms with van der Waals surface area (Å²) in [5.74, 6) is -0.396. The van der Waals surface area contributed by atoms with Gasteiger partial charge in [0.1, 0.15) is 11.3 Å². The molecule has 0 unspecified atom stereocenters. The lowest BCUT2D eigenvalue weighted by molar-refractivity contribution is -0.173. The molecule has 4 aliphatic carbocycles. The summed E-state index contributed by atoms with van der Waals surface area (Å²) in [5, 5.41) is 37.9. The lowest BCUT2D eigenvalue weighted by atomic mass is 9.49. The number of hydrogen-bond donors (Lipinski definition) is 4. The lowest BCUT2D eigenvalue weighted by Crippen LogP contribution is -2.76. The Morgan fingerprint density at radius 3 is 2.61 bits per heavy atom. The molecule has 7 rings (SSSR count). The van der Waals surface area contributed by atoms with Crippen LogP contribution in [0.4, 0.5) is 0 Å². The standard InChI is InChI=1S/C28H34N2O7.CH4/c1-36-25(34)26(8-2-3-9-26)29-24(33)17-13-28(35)19-12-16-6-7-18(31)22-20(16)27(28,23(37-22)21(17)32)10-11-30(19)14-15-4-5-15;/h6-7,15,19,23,31-32,35H,2-5,8-14H2,1H3,(H,29,33);1H4/t19-,23+,27+,28-;/m1./s1. The maximum absolute atomic E-state index is 13.8. The number of aliphatic hydroxyl groups excluding tert-OH is 1. The fourth-order valence-corrected chi connectivity index (χ4v) is 8.21. The summed E-state index contributed by atoms with van der Waals surface area (Å²) in [4.78, 5) is 28.8. The molecule has 0 radical (unpaired) electrons. The van der Waals surface area contributed by atoms with E-state index < -0.39 is 34.5 Å². The number of nitrogens with one attached hydrogen (secondary N) is 1. The van der Waals surface area contributed by atoms with Gasteiger partial charge in [0.2, 0.25) is 0 Å². The van der Waals surface area contributed by atoms with E-state index in [-0.39, 0.29) is 37.0 Å². The van der Waals surface area contributed by atoms with Crippen molar-refractivity contribution in [3.05, 3.63) is 34.6 Å². The summed E-state index contributed by atoms with van der Waals surface area (Å²) in [6.07, 6.45) is 4.97. The van der Waals surface area contributed by atoms with Gasteiger partial charge < -0.3 is 30.1 Å². The lowest BCUT2D eigenvalue weighted by Gasteiger charge is -2.62. The number of piperidine rings is 1. The van der Waals surface area contributed by atoms with Crippen LogP contribution in [0.1, 0.15) is 69.9 Å². The second-order valence-electron chi connectivity index (χ2n) is 12.0. The van der Waals surface area contributed by atoms with Crippen LogP contribution < -0.4 is 10.1 Å². The fraction of sp³-hybridized carbons (Fsp3) is 0.655. The zero-order valence-electron chi connectivity index (χ0n) is 21.1. The van der Waals surface area contributed by atoms with Gasteiger partial charge in [0.25, 0.3) is 5.91 Å². The molecule has 4 atom stereocenters. The highest BCUT2D eigenvalue weighted by molar-refractivity contribution is 5.99. The predicted molar refractivity (Wildman–Crippen MR) is 138 cm³/mol. The van der Waals surface area contributed by atoms with Gasteiger partial charge in [-0.2, -0.15) is 0 Å². The molecule has 2 aliphatic heterocycles. The number of benzene rings is 1. The number of aromatic hydroxyl groups is 1. The van der Waals surface area contributed by atoms with Crippen molar-refractivity contribution >= 4 is 11.9 Å². The third-order valence-electron chi connectivity index (χ3n) is 10.2. The first kappa shape index (κ1) is 25.5. The number of hydrogen-bond acceptors (Lipinski definition) is 8. The van der Waals surface area contributed by atoms with Crippen LogP contribution in [0.3, 0.4) is 0 Å². The molecule has 4 N–H and O–H groups in total. The van der Waals surface area contributed by atoms with E-state index in [9.17, 15) is 24.9 Å². The van der Waals surface area contributed by atoms with Crippen LogP contribution >= 0.6 is 0 Å². The molecule has 3 fully saturated rings. The predicted octanol–water partition coefficient (Wildman–Crippen LogP) is 2.62. The van der Waals surface area contributed by atoms with Crippen LogP contribution in [-0.2, 0) is 26.2 Å². The van der Waals surface area contributed by atoms with Crippen molar-refractivity contribution in [1.82, 2.24) is 10.2 Å². The van der Waals surface area contributed by atoms with Crippen LogP contribution in [0.5, 0.6) is 11.5 Å². The number of rotatable bonds is 5. The maximum atomic E-state index is 13.8. The van der Waals surface area contributed by atoms with Crippen LogP contribution in [0.2, 0.25) is 0 Å². The summed E-state index contributed by atoms with van der Waals surface area (Å²) < 4.78 is 11.3. The van der Waals surface area contributed by atoms with E-state index in [1.165, 1.54) is 20.0 Å². The summed E-state index contributed by atoms with van der Waals surface area (Å²) in [5.41, 5.74) is -1.64. The summed E-state index contributed by atoms with van der Waals surface area (Å²) in [6.45, 7) is 1.65. The zero-order valence-corrected chi connectivity index (χ0v) is 21.1. The van der Waals surface area contributed by atoms with Gasteiger partial charge in [0.05, 0.1) is 23.7 Å². The Morgan fingerprint density at radius 1 is 1.18 bits per heavy atom. The number of likely N-dealkylation sites (tertiary alicyclic amines) is 1. The number of esters is 1. The van der Waals surface area contributed by atoms with E-state index in [0.29, 0.717) is 37.4 Å². The molecular formula is C29H38N2O7. The van der Waals surface area contributed by atoms with Gasteiger partial charge in [0.15, 0.2) is 17.6 Å². The molecular weight excluding hydrogens is 488 g/mol. The molecule has 9 nitrogen and oxygen atoms in total. The quantitative estimate of drug-likeness (QED) is 0.431. The van der Waals surface area contributed by atoms with Crippen molar-refractivity contribution in [1.29, 1.82) is 0 Å². The molecule has 0 aromatic heterocycles. The van der Waals surface area contributed by atoms with Crippen molar-refractivity contribution in [2.75, 3.05) is 20.2 Å². The van der Waals surface area contributed by atoms with Gasteiger partial charge in [-0.3, -0.25) is 9.69 Å². The summed E-state index contributed by atoms with van der Waals surface area (Å²) in [6, 6.07) is 3.26. The highest BCUT2D eigenvalue weighted by Gasteiger charge is 2.73. The largest absolute Gasteiger partial charge is 0.508 e. The molecule has 1 aromatic carbocycles. The monoisotopic (exact) mass is 526 g/mol. The first-order valence-electron chi connectivity index (χ1n) is 13.6. The molecule has 2 heterocycles. The van der Waals surface area contributed by atoms with Crippen LogP contribution in [-0.4, -0.2) is 75.6 Å². The SMILES string of the molecule is C.COC(=O)C1(NC(=O)C2=C(O)[C@@H]3Oc4c(O)ccc5c4[C@@]34CCN(CC3CC3)[C@H](C5)[C@]4(O)C2)CCCC1. The Labute approximate surface area is 222 Å². The minimum atomic E-state index is -1.39. The van der Waals surface area contributed by atoms with Gasteiger partial charge in [0, 0.05) is 24.6 Å². The van der Waals surface area contributed by atoms with E-state index in [4.69, 9.17) is 9.47 Å². The number of carbonyl (C=O) groups excluding carboxylic acids is 2. The Hall–Kier alpha value is -2.78. The molecule has 38 heavy (non-hydrogen) atoms. The summed E-state index contributed by atoms with van der Waals surface area (Å²) >= 11 is 0. The highest BCUT2D eigenvalue weighted by atomic mass is 16.5. The Kier molecular flexibility index (Phi) is 5.61. The van der Waals surface area contributed by atoms with Crippen LogP contribution in [0.15, 0.2) is 23.5 Å². The van der Waals surface area contributed by atoms with E-state index in [1.807, 2.05) is 6.07 Å². The van der Waals surface area contributed by atoms with E-state index in [2.05, 4.69) is 10.2 Å². The van der Waals surface area contributed by atoms with Gasteiger partial charge in [-0.25, -0.2) is 4.79 Å². The van der Waals surface area contributed by atoms with Crippen molar-refractivity contribution in [2.45, 2.75) is 93.9 Å². The number of carbonyl (C=O) groups is 2. The zero-order chi connectivity index (χ0) is 25.7. The smallest absolute Gasteiger partial charge is 0.331 e. The molecule has 6 aliphatic rings. The number of nitrogens with zero attached hydrogens (tertiary/aromatic N) is 1. The maximum Gasteiger partial charge on any atom is 0.331 e. The van der Waals surface area contributed by atoms with Crippen molar-refractivity contribution in [3.63, 3.8) is 0 Å². The fourth-order valence-electron chi connectivity index (χ4n) is 8.21. The minimum Gasteiger partial charge on any atom is -0.508 e. The average molecular weight is 527 g/mol. The van der Waals surface area contributed by atoms with E-state index in [0.717, 1.165) is 37.1 Å². The van der Waals surface area contributed by atoms with Gasteiger partial charge in [-0.15, -0.1) is 0 Å². The number of ether oxygens (including phenoxy) is 2. The molecule has 1 saturated heterocycles. The molecule has 2 saturated carbocycles. The van der Waals surface area contributed by atoms with E-state index >= 15 is 0 Å². The third-order valence-corrected chi connectivity index (χ3v) is 10.2. The van der Waals surface area contributed by atoms with Gasteiger partial charge in [-0.05, 0) is 62.6 Å². The van der Waals surface area contributed by atoms with Crippen LogP contribution in [0, 0.1) is 5.92 Å². The van der Waals surface area contributed by atoms with Crippen molar-refractivity contribution in [2.24, 2.45) is 5.92 Å². The second kappa shape index (κ2) is 8.36. The normalized spacial score (nSPS) is 34.2.